The summed E-state index contributed by atoms with van der Waals surface area (Å²) in [6.07, 6.45) is -1.08. The molecule has 7 nitrogen and oxygen atoms in total. The van der Waals surface area contributed by atoms with Crippen LogP contribution in [0.1, 0.15) is 48.5 Å². The highest BCUT2D eigenvalue weighted by Crippen LogP contribution is 2.36. The van der Waals surface area contributed by atoms with E-state index in [1.807, 2.05) is 0 Å². The number of nitrogens with zero attached hydrogens (tertiary/aromatic N) is 3. The quantitative estimate of drug-likeness (QED) is 0.604. The lowest BCUT2D eigenvalue weighted by molar-refractivity contribution is -0.138. The van der Waals surface area contributed by atoms with E-state index in [1.165, 1.54) is 23.7 Å². The van der Waals surface area contributed by atoms with Crippen LogP contribution in [0.4, 0.5) is 19.0 Å². The average molecular weight is 447 g/mol. The van der Waals surface area contributed by atoms with Crippen LogP contribution in [0.25, 0.3) is 10.8 Å². The molecule has 1 aliphatic rings. The molecule has 1 saturated carbocycles. The van der Waals surface area contributed by atoms with E-state index in [-0.39, 0.29) is 35.6 Å². The third-order valence-corrected chi connectivity index (χ3v) is 5.80. The van der Waals surface area contributed by atoms with Crippen LogP contribution in [0.5, 0.6) is 0 Å². The Labute approximate surface area is 181 Å². The molecule has 0 spiro atoms. The molecule has 3 aromatic rings. The van der Waals surface area contributed by atoms with Crippen molar-refractivity contribution in [1.82, 2.24) is 14.3 Å². The molecule has 2 heterocycles. The predicted molar refractivity (Wildman–Crippen MR) is 116 cm³/mol. The summed E-state index contributed by atoms with van der Waals surface area (Å²) >= 11 is 0. The second-order valence-corrected chi connectivity index (χ2v) is 8.13. The highest BCUT2D eigenvalue weighted by atomic mass is 19.4. The minimum Gasteiger partial charge on any atom is -0.362 e. The molecule has 0 amide bonds. The van der Waals surface area contributed by atoms with Crippen LogP contribution in [0.2, 0.25) is 0 Å². The summed E-state index contributed by atoms with van der Waals surface area (Å²) in [6, 6.07) is 4.90. The van der Waals surface area contributed by atoms with Crippen molar-refractivity contribution in [3.05, 3.63) is 67.9 Å². The fraction of sp³-hybridized carbons (Fsp3) is 0.409. The van der Waals surface area contributed by atoms with E-state index in [2.05, 4.69) is 10.4 Å². The van der Waals surface area contributed by atoms with Gasteiger partial charge < -0.3 is 15.6 Å². The molecular weight excluding hydrogens is 423 g/mol. The van der Waals surface area contributed by atoms with Gasteiger partial charge in [-0.05, 0) is 43.9 Å². The van der Waals surface area contributed by atoms with E-state index in [0.717, 1.165) is 18.9 Å². The zero-order valence-corrected chi connectivity index (χ0v) is 17.7. The standard InChI is InChI=1S/C22H24F3N5O2/c1-12-15(4-3-5-18(12)22(23,24)25)13(2)27-20-17-11-29(14-6-7-14)19(31)10-16(17)21(32)30(28-20)9-8-26/h3-5,10-11,13-14H,6-9,26H2,1-2H3,(H,27,28). The van der Waals surface area contributed by atoms with E-state index in [1.54, 1.807) is 23.8 Å². The summed E-state index contributed by atoms with van der Waals surface area (Å²) in [5, 5.41) is 8.19. The number of nitrogens with two attached hydrogens (primary N) is 1. The van der Waals surface area contributed by atoms with Gasteiger partial charge in [0.05, 0.1) is 23.5 Å². The van der Waals surface area contributed by atoms with Crippen LogP contribution in [0, 0.1) is 6.92 Å². The third-order valence-electron chi connectivity index (χ3n) is 5.80. The Bertz CT molecular complexity index is 1290. The molecule has 2 aromatic heterocycles. The molecule has 0 aliphatic heterocycles. The molecule has 170 valence electrons. The van der Waals surface area contributed by atoms with Gasteiger partial charge in [-0.25, -0.2) is 4.68 Å². The Kier molecular flexibility index (Phi) is 5.58. The lowest BCUT2D eigenvalue weighted by atomic mass is 9.97. The number of hydrogen-bond acceptors (Lipinski definition) is 5. The summed E-state index contributed by atoms with van der Waals surface area (Å²) < 4.78 is 42.8. The van der Waals surface area contributed by atoms with Gasteiger partial charge in [0.1, 0.15) is 0 Å². The van der Waals surface area contributed by atoms with Crippen molar-refractivity contribution in [2.24, 2.45) is 5.73 Å². The van der Waals surface area contributed by atoms with Gasteiger partial charge in [-0.2, -0.15) is 18.3 Å². The molecule has 1 unspecified atom stereocenters. The van der Waals surface area contributed by atoms with Gasteiger partial charge >= 0.3 is 6.18 Å². The van der Waals surface area contributed by atoms with Crippen LogP contribution in [-0.2, 0) is 12.7 Å². The second-order valence-electron chi connectivity index (χ2n) is 8.13. The first-order chi connectivity index (χ1) is 15.1. The van der Waals surface area contributed by atoms with Crippen molar-refractivity contribution in [1.29, 1.82) is 0 Å². The number of nitrogens with one attached hydrogen (secondary N) is 1. The number of hydrogen-bond donors (Lipinski definition) is 2. The fourth-order valence-corrected chi connectivity index (χ4v) is 4.00. The molecule has 10 heteroatoms. The third kappa shape index (κ3) is 4.02. The van der Waals surface area contributed by atoms with Gasteiger partial charge in [-0.15, -0.1) is 0 Å². The highest BCUT2D eigenvalue weighted by molar-refractivity contribution is 5.90. The number of anilines is 1. The SMILES string of the molecule is Cc1c(C(C)Nc2nn(CCN)c(=O)c3cc(=O)n(C4CC4)cc23)cccc1C(F)(F)F. The lowest BCUT2D eigenvalue weighted by Gasteiger charge is -2.21. The number of benzene rings is 1. The van der Waals surface area contributed by atoms with Gasteiger partial charge in [0.15, 0.2) is 5.82 Å². The van der Waals surface area contributed by atoms with E-state index in [9.17, 15) is 22.8 Å². The fourth-order valence-electron chi connectivity index (χ4n) is 4.00. The molecular formula is C22H24F3N5O2. The summed E-state index contributed by atoms with van der Waals surface area (Å²) in [6.45, 7) is 3.47. The monoisotopic (exact) mass is 447 g/mol. The molecule has 3 N–H and O–H groups in total. The van der Waals surface area contributed by atoms with Crippen LogP contribution in [-0.4, -0.2) is 20.9 Å². The van der Waals surface area contributed by atoms with Crippen molar-refractivity contribution >= 4 is 16.6 Å². The number of aromatic nitrogens is 3. The van der Waals surface area contributed by atoms with Gasteiger partial charge in [0.2, 0.25) is 0 Å². The van der Waals surface area contributed by atoms with Gasteiger partial charge in [-0.3, -0.25) is 9.59 Å². The molecule has 1 aromatic carbocycles. The Morgan fingerprint density at radius 3 is 2.59 bits per heavy atom. The molecule has 32 heavy (non-hydrogen) atoms. The second kappa shape index (κ2) is 8.09. The Morgan fingerprint density at radius 1 is 1.25 bits per heavy atom. The number of halogens is 3. The highest BCUT2D eigenvalue weighted by Gasteiger charge is 2.33. The lowest BCUT2D eigenvalue weighted by Crippen LogP contribution is -2.30. The van der Waals surface area contributed by atoms with E-state index >= 15 is 0 Å². The van der Waals surface area contributed by atoms with Crippen LogP contribution in [0.15, 0.2) is 40.1 Å². The summed E-state index contributed by atoms with van der Waals surface area (Å²) in [5.41, 5.74) is 4.79. The minimum absolute atomic E-state index is 0.0920. The van der Waals surface area contributed by atoms with E-state index in [0.29, 0.717) is 16.8 Å². The largest absolute Gasteiger partial charge is 0.416 e. The van der Waals surface area contributed by atoms with Gasteiger partial charge in [-0.1, -0.05) is 12.1 Å². The summed E-state index contributed by atoms with van der Waals surface area (Å²) in [5.74, 6) is 0.312. The summed E-state index contributed by atoms with van der Waals surface area (Å²) in [4.78, 5) is 25.3. The van der Waals surface area contributed by atoms with Crippen molar-refractivity contribution in [3.63, 3.8) is 0 Å². The smallest absolute Gasteiger partial charge is 0.362 e. The molecule has 0 radical (unpaired) electrons. The number of rotatable bonds is 6. The molecule has 0 bridgehead atoms. The maximum absolute atomic E-state index is 13.4. The molecule has 1 atom stereocenters. The molecule has 1 aliphatic carbocycles. The average Bonchev–Trinajstić information content (AvgIpc) is 3.55. The van der Waals surface area contributed by atoms with Crippen molar-refractivity contribution in [2.45, 2.75) is 51.5 Å². The van der Waals surface area contributed by atoms with Gasteiger partial charge in [0, 0.05) is 30.2 Å². The maximum atomic E-state index is 13.4. The first kappa shape index (κ1) is 22.1. The topological polar surface area (TPSA) is 94.9 Å². The Morgan fingerprint density at radius 2 is 1.97 bits per heavy atom. The number of alkyl halides is 3. The number of fused-ring (bicyclic) bond motifs is 1. The van der Waals surface area contributed by atoms with E-state index in [4.69, 9.17) is 5.73 Å². The molecule has 0 saturated heterocycles. The minimum atomic E-state index is -4.46. The van der Waals surface area contributed by atoms with Gasteiger partial charge in [0.25, 0.3) is 11.1 Å². The normalized spacial score (nSPS) is 15.2. The molecule has 1 fully saturated rings. The van der Waals surface area contributed by atoms with Crippen LogP contribution in [0.3, 0.4) is 0 Å². The first-order valence-electron chi connectivity index (χ1n) is 10.4. The zero-order valence-electron chi connectivity index (χ0n) is 17.7. The van der Waals surface area contributed by atoms with E-state index < -0.39 is 23.3 Å². The van der Waals surface area contributed by atoms with Crippen LogP contribution >= 0.6 is 0 Å². The Hall–Kier alpha value is -3.14. The summed E-state index contributed by atoms with van der Waals surface area (Å²) in [7, 11) is 0. The van der Waals surface area contributed by atoms with Crippen molar-refractivity contribution in [2.75, 3.05) is 11.9 Å². The number of pyridine rings is 1. The predicted octanol–water partition coefficient (Wildman–Crippen LogP) is 3.35. The Balaban J connectivity index is 1.83. The van der Waals surface area contributed by atoms with Crippen LogP contribution < -0.4 is 22.2 Å². The molecule has 4 rings (SSSR count). The zero-order chi connectivity index (χ0) is 23.2. The van der Waals surface area contributed by atoms with Crippen molar-refractivity contribution in [3.8, 4) is 0 Å². The van der Waals surface area contributed by atoms with Crippen molar-refractivity contribution < 1.29 is 13.2 Å². The maximum Gasteiger partial charge on any atom is 0.416 e. The first-order valence-corrected chi connectivity index (χ1v) is 10.4.